The SMILES string of the molecule is CC(C)CC(CO)NS(=O)(=O)c1ccc(Cl)c(C(=O)O)c1. The number of hydrogen-bond donors (Lipinski definition) is 3. The lowest BCUT2D eigenvalue weighted by Crippen LogP contribution is -2.38. The summed E-state index contributed by atoms with van der Waals surface area (Å²) in [6.45, 7) is 3.47. The van der Waals surface area contributed by atoms with E-state index in [-0.39, 0.29) is 28.0 Å². The Balaban J connectivity index is 3.07. The first-order chi connectivity index (χ1) is 9.67. The molecule has 1 aromatic carbocycles. The van der Waals surface area contributed by atoms with Crippen LogP contribution in [0.15, 0.2) is 23.1 Å². The molecule has 0 amide bonds. The Labute approximate surface area is 128 Å². The molecule has 1 rings (SSSR count). The van der Waals surface area contributed by atoms with Crippen LogP contribution in [0.3, 0.4) is 0 Å². The van der Waals surface area contributed by atoms with Crippen LogP contribution in [0.5, 0.6) is 0 Å². The first-order valence-corrected chi connectivity index (χ1v) is 8.19. The van der Waals surface area contributed by atoms with E-state index in [0.29, 0.717) is 6.42 Å². The maximum atomic E-state index is 12.2. The molecule has 0 aliphatic heterocycles. The standard InChI is InChI=1S/C13H18ClNO5S/c1-8(2)5-9(7-16)15-21(19,20)10-3-4-12(14)11(6-10)13(17)18/h3-4,6,8-9,15-16H,5,7H2,1-2H3,(H,17,18). The Morgan fingerprint density at radius 3 is 2.48 bits per heavy atom. The number of aromatic carboxylic acids is 1. The van der Waals surface area contributed by atoms with Crippen LogP contribution < -0.4 is 4.72 Å². The summed E-state index contributed by atoms with van der Waals surface area (Å²) in [5.74, 6) is -1.11. The second-order valence-corrected chi connectivity index (χ2v) is 7.20. The van der Waals surface area contributed by atoms with Gasteiger partial charge in [-0.05, 0) is 30.5 Å². The van der Waals surface area contributed by atoms with E-state index in [4.69, 9.17) is 16.7 Å². The minimum Gasteiger partial charge on any atom is -0.478 e. The minimum atomic E-state index is -3.92. The summed E-state index contributed by atoms with van der Waals surface area (Å²) in [5, 5.41) is 18.2. The zero-order valence-electron chi connectivity index (χ0n) is 11.7. The van der Waals surface area contributed by atoms with Crippen molar-refractivity contribution in [2.45, 2.75) is 31.2 Å². The van der Waals surface area contributed by atoms with Crippen molar-refractivity contribution in [3.8, 4) is 0 Å². The molecular formula is C13H18ClNO5S. The molecule has 0 heterocycles. The highest BCUT2D eigenvalue weighted by Crippen LogP contribution is 2.21. The van der Waals surface area contributed by atoms with Crippen molar-refractivity contribution >= 4 is 27.6 Å². The van der Waals surface area contributed by atoms with Crippen molar-refractivity contribution in [1.29, 1.82) is 0 Å². The number of carboxylic acids is 1. The molecule has 0 spiro atoms. The van der Waals surface area contributed by atoms with Crippen LogP contribution in [-0.4, -0.2) is 37.2 Å². The van der Waals surface area contributed by atoms with Crippen LogP contribution in [-0.2, 0) is 10.0 Å². The van der Waals surface area contributed by atoms with Crippen molar-refractivity contribution in [2.75, 3.05) is 6.61 Å². The topological polar surface area (TPSA) is 104 Å². The predicted octanol–water partition coefficient (Wildman–Crippen LogP) is 1.72. The van der Waals surface area contributed by atoms with Crippen LogP contribution in [0.25, 0.3) is 0 Å². The second kappa shape index (κ2) is 7.22. The van der Waals surface area contributed by atoms with E-state index in [2.05, 4.69) is 4.72 Å². The molecule has 0 radical (unpaired) electrons. The monoisotopic (exact) mass is 335 g/mol. The summed E-state index contributed by atoms with van der Waals surface area (Å²) in [5.41, 5.74) is -0.288. The van der Waals surface area contributed by atoms with Gasteiger partial charge in [-0.25, -0.2) is 17.9 Å². The summed E-state index contributed by atoms with van der Waals surface area (Å²) in [6, 6.07) is 2.81. The molecule has 0 aromatic heterocycles. The molecule has 0 saturated carbocycles. The third-order valence-electron chi connectivity index (χ3n) is 2.78. The number of benzene rings is 1. The Morgan fingerprint density at radius 1 is 1.38 bits per heavy atom. The van der Waals surface area contributed by atoms with Crippen molar-refractivity contribution < 1.29 is 23.4 Å². The molecule has 6 nitrogen and oxygen atoms in total. The Hall–Kier alpha value is -1.15. The molecule has 0 fully saturated rings. The van der Waals surface area contributed by atoms with E-state index in [1.54, 1.807) is 0 Å². The second-order valence-electron chi connectivity index (χ2n) is 5.08. The first kappa shape index (κ1) is 17.9. The van der Waals surface area contributed by atoms with Crippen LogP contribution in [0, 0.1) is 5.92 Å². The molecule has 0 bridgehead atoms. The molecule has 1 aromatic rings. The van der Waals surface area contributed by atoms with Crippen molar-refractivity contribution in [3.05, 3.63) is 28.8 Å². The van der Waals surface area contributed by atoms with E-state index >= 15 is 0 Å². The number of nitrogens with one attached hydrogen (secondary N) is 1. The Kier molecular flexibility index (Phi) is 6.15. The van der Waals surface area contributed by atoms with Gasteiger partial charge in [0.25, 0.3) is 0 Å². The number of aliphatic hydroxyl groups excluding tert-OH is 1. The number of halogens is 1. The lowest BCUT2D eigenvalue weighted by atomic mass is 10.1. The average molecular weight is 336 g/mol. The first-order valence-electron chi connectivity index (χ1n) is 6.33. The number of carboxylic acid groups (broad SMARTS) is 1. The lowest BCUT2D eigenvalue weighted by Gasteiger charge is -2.18. The molecule has 8 heteroatoms. The quantitative estimate of drug-likeness (QED) is 0.704. The van der Waals surface area contributed by atoms with E-state index in [0.717, 1.165) is 6.07 Å². The fourth-order valence-corrected chi connectivity index (χ4v) is 3.32. The van der Waals surface area contributed by atoms with E-state index in [1.807, 2.05) is 13.8 Å². The Bertz CT molecular complexity index is 615. The highest BCUT2D eigenvalue weighted by molar-refractivity contribution is 7.89. The van der Waals surface area contributed by atoms with Crippen LogP contribution in [0.1, 0.15) is 30.6 Å². The molecule has 1 atom stereocenters. The van der Waals surface area contributed by atoms with E-state index in [9.17, 15) is 18.3 Å². The maximum absolute atomic E-state index is 12.2. The van der Waals surface area contributed by atoms with Crippen molar-refractivity contribution in [3.63, 3.8) is 0 Å². The Morgan fingerprint density at radius 2 is 2.00 bits per heavy atom. The molecule has 118 valence electrons. The van der Waals surface area contributed by atoms with E-state index in [1.165, 1.54) is 12.1 Å². The number of rotatable bonds is 7. The molecule has 0 aliphatic carbocycles. The number of sulfonamides is 1. The zero-order valence-corrected chi connectivity index (χ0v) is 13.3. The average Bonchev–Trinajstić information content (AvgIpc) is 2.36. The van der Waals surface area contributed by atoms with Crippen molar-refractivity contribution in [2.24, 2.45) is 5.92 Å². The van der Waals surface area contributed by atoms with Gasteiger partial charge in [0.15, 0.2) is 0 Å². The molecule has 0 aliphatic rings. The third-order valence-corrected chi connectivity index (χ3v) is 4.62. The molecule has 1 unspecified atom stereocenters. The summed E-state index contributed by atoms with van der Waals surface area (Å²) in [7, 11) is -3.92. The van der Waals surface area contributed by atoms with Gasteiger partial charge in [0, 0.05) is 6.04 Å². The van der Waals surface area contributed by atoms with Gasteiger partial charge in [0.05, 0.1) is 22.1 Å². The molecular weight excluding hydrogens is 318 g/mol. The number of aliphatic hydroxyl groups is 1. The summed E-state index contributed by atoms with van der Waals surface area (Å²) in [4.78, 5) is 10.8. The highest BCUT2D eigenvalue weighted by Gasteiger charge is 2.22. The van der Waals surface area contributed by atoms with Crippen molar-refractivity contribution in [1.82, 2.24) is 4.72 Å². The highest BCUT2D eigenvalue weighted by atomic mass is 35.5. The number of hydrogen-bond acceptors (Lipinski definition) is 4. The van der Waals surface area contributed by atoms with Crippen LogP contribution in [0.2, 0.25) is 5.02 Å². The normalized spacial score (nSPS) is 13.4. The predicted molar refractivity (Wildman–Crippen MR) is 79.1 cm³/mol. The fourth-order valence-electron chi connectivity index (χ4n) is 1.85. The van der Waals surface area contributed by atoms with Gasteiger partial charge < -0.3 is 10.2 Å². The maximum Gasteiger partial charge on any atom is 0.337 e. The minimum absolute atomic E-state index is 0.0395. The molecule has 21 heavy (non-hydrogen) atoms. The van der Waals surface area contributed by atoms with Gasteiger partial charge in [-0.1, -0.05) is 25.4 Å². The summed E-state index contributed by atoms with van der Waals surface area (Å²) < 4.78 is 26.8. The third kappa shape index (κ3) is 4.96. The van der Waals surface area contributed by atoms with Crippen LogP contribution >= 0.6 is 11.6 Å². The fraction of sp³-hybridized carbons (Fsp3) is 0.462. The van der Waals surface area contributed by atoms with Crippen LogP contribution in [0.4, 0.5) is 0 Å². The van der Waals surface area contributed by atoms with Gasteiger partial charge in [-0.15, -0.1) is 0 Å². The zero-order chi connectivity index (χ0) is 16.2. The van der Waals surface area contributed by atoms with Gasteiger partial charge in [0.2, 0.25) is 10.0 Å². The number of carbonyl (C=O) groups is 1. The van der Waals surface area contributed by atoms with Gasteiger partial charge in [-0.3, -0.25) is 0 Å². The van der Waals surface area contributed by atoms with Gasteiger partial charge >= 0.3 is 5.97 Å². The lowest BCUT2D eigenvalue weighted by molar-refractivity contribution is 0.0697. The smallest absolute Gasteiger partial charge is 0.337 e. The molecule has 3 N–H and O–H groups in total. The largest absolute Gasteiger partial charge is 0.478 e. The van der Waals surface area contributed by atoms with E-state index < -0.39 is 22.0 Å². The summed E-state index contributed by atoms with van der Waals surface area (Å²) >= 11 is 5.71. The van der Waals surface area contributed by atoms with Gasteiger partial charge in [0.1, 0.15) is 0 Å². The van der Waals surface area contributed by atoms with Gasteiger partial charge in [-0.2, -0.15) is 0 Å². The molecule has 0 saturated heterocycles. The summed E-state index contributed by atoms with van der Waals surface area (Å²) in [6.07, 6.45) is 0.467.